The molecule has 0 atom stereocenters. The first-order valence-corrected chi connectivity index (χ1v) is 10.1. The van der Waals surface area contributed by atoms with Crippen LogP contribution < -0.4 is 0 Å². The number of hydrogen-bond donors (Lipinski definition) is 0. The molecule has 0 aliphatic carbocycles. The Morgan fingerprint density at radius 2 is 1.71 bits per heavy atom. The van der Waals surface area contributed by atoms with E-state index in [9.17, 15) is 5.26 Å². The largest absolute Gasteiger partial charge is 0.381 e. The van der Waals surface area contributed by atoms with Crippen LogP contribution in [0, 0.1) is 11.3 Å². The van der Waals surface area contributed by atoms with E-state index in [1.54, 1.807) is 18.6 Å². The summed E-state index contributed by atoms with van der Waals surface area (Å²) < 4.78 is 11.0. The minimum atomic E-state index is -0.630. The number of benzene rings is 1. The molecule has 7 nitrogen and oxygen atoms in total. The second kappa shape index (κ2) is 8.09. The van der Waals surface area contributed by atoms with Crippen LogP contribution in [0.15, 0.2) is 71.6 Å². The van der Waals surface area contributed by atoms with Gasteiger partial charge in [-0.15, -0.1) is 0 Å². The van der Waals surface area contributed by atoms with Crippen molar-refractivity contribution in [2.24, 2.45) is 0 Å². The van der Waals surface area contributed by atoms with E-state index in [4.69, 9.17) is 14.2 Å². The van der Waals surface area contributed by atoms with Gasteiger partial charge in [-0.25, -0.2) is 4.98 Å². The van der Waals surface area contributed by atoms with Crippen molar-refractivity contribution in [1.29, 1.82) is 5.26 Å². The Kier molecular flexibility index (Phi) is 4.98. The van der Waals surface area contributed by atoms with Gasteiger partial charge in [-0.3, -0.25) is 9.97 Å². The van der Waals surface area contributed by atoms with E-state index in [2.05, 4.69) is 21.2 Å². The van der Waals surface area contributed by atoms with Gasteiger partial charge in [0.25, 0.3) is 0 Å². The molecular formula is C24H19N5O2. The summed E-state index contributed by atoms with van der Waals surface area (Å²) in [4.78, 5) is 13.6. The molecule has 0 spiro atoms. The fourth-order valence-corrected chi connectivity index (χ4v) is 3.76. The van der Waals surface area contributed by atoms with Crippen molar-refractivity contribution in [3.63, 3.8) is 0 Å². The molecule has 152 valence electrons. The second-order valence-electron chi connectivity index (χ2n) is 7.47. The normalized spacial score (nSPS) is 15.3. The van der Waals surface area contributed by atoms with Gasteiger partial charge in [-0.05, 0) is 25.0 Å². The highest BCUT2D eigenvalue weighted by Crippen LogP contribution is 2.34. The van der Waals surface area contributed by atoms with Crippen LogP contribution in [0.2, 0.25) is 0 Å². The number of nitrogens with zero attached hydrogens (tertiary/aromatic N) is 5. The Labute approximate surface area is 179 Å². The molecule has 0 radical (unpaired) electrons. The van der Waals surface area contributed by atoms with Crippen LogP contribution in [-0.4, -0.2) is 33.3 Å². The fourth-order valence-electron chi connectivity index (χ4n) is 3.76. The molecule has 0 saturated carbocycles. The van der Waals surface area contributed by atoms with Gasteiger partial charge in [0.1, 0.15) is 16.8 Å². The Morgan fingerprint density at radius 3 is 2.52 bits per heavy atom. The molecule has 0 bridgehead atoms. The van der Waals surface area contributed by atoms with Crippen LogP contribution in [-0.2, 0) is 10.2 Å². The zero-order chi connectivity index (χ0) is 21.1. The highest BCUT2D eigenvalue weighted by molar-refractivity contribution is 5.67. The summed E-state index contributed by atoms with van der Waals surface area (Å²) in [5.41, 5.74) is 3.94. The van der Waals surface area contributed by atoms with Gasteiger partial charge in [0.2, 0.25) is 0 Å². The number of hydrogen-bond acceptors (Lipinski definition) is 7. The molecule has 7 heteroatoms. The summed E-state index contributed by atoms with van der Waals surface area (Å²) in [5, 5.41) is 14.0. The van der Waals surface area contributed by atoms with Gasteiger partial charge in [-0.1, -0.05) is 35.5 Å². The summed E-state index contributed by atoms with van der Waals surface area (Å²) >= 11 is 0. The maximum Gasteiger partial charge on any atom is 0.187 e. The molecule has 0 N–H and O–H groups in total. The zero-order valence-electron chi connectivity index (χ0n) is 16.7. The van der Waals surface area contributed by atoms with E-state index in [0.29, 0.717) is 43.2 Å². The minimum absolute atomic E-state index is 0.542. The second-order valence-corrected chi connectivity index (χ2v) is 7.47. The van der Waals surface area contributed by atoms with E-state index in [1.807, 2.05) is 48.5 Å². The summed E-state index contributed by atoms with van der Waals surface area (Å²) in [6, 6.07) is 17.9. The Hall–Kier alpha value is -3.89. The van der Waals surface area contributed by atoms with Gasteiger partial charge >= 0.3 is 0 Å². The first-order chi connectivity index (χ1) is 15.3. The van der Waals surface area contributed by atoms with Gasteiger partial charge in [0.05, 0.1) is 29.9 Å². The molecule has 1 fully saturated rings. The van der Waals surface area contributed by atoms with Crippen molar-refractivity contribution in [2.75, 3.05) is 13.2 Å². The summed E-state index contributed by atoms with van der Waals surface area (Å²) in [5.74, 6) is 0.542. The van der Waals surface area contributed by atoms with Crippen molar-refractivity contribution in [3.8, 4) is 40.0 Å². The molecule has 5 rings (SSSR count). The van der Waals surface area contributed by atoms with E-state index >= 15 is 0 Å². The molecule has 31 heavy (non-hydrogen) atoms. The van der Waals surface area contributed by atoms with Crippen LogP contribution >= 0.6 is 0 Å². The van der Waals surface area contributed by atoms with Gasteiger partial charge in [0.15, 0.2) is 5.76 Å². The standard InChI is InChI=1S/C24H19N5O2/c25-16-24(7-10-30-11-8-24)23-12-18(6-9-27-23)20-14-26-15-21(28-20)22-13-19(29-31-22)17-4-2-1-3-5-17/h1-6,9,12-15H,7-8,10-11H2. The molecule has 0 amide bonds. The lowest BCUT2D eigenvalue weighted by molar-refractivity contribution is 0.0664. The number of ether oxygens (including phenoxy) is 1. The van der Waals surface area contributed by atoms with Crippen molar-refractivity contribution < 1.29 is 9.26 Å². The molecule has 4 aromatic rings. The molecule has 1 aromatic carbocycles. The predicted octanol–water partition coefficient (Wildman–Crippen LogP) is 4.43. The summed E-state index contributed by atoms with van der Waals surface area (Å²) in [6.45, 7) is 1.12. The fraction of sp³-hybridized carbons (Fsp3) is 0.208. The quantitative estimate of drug-likeness (QED) is 0.492. The van der Waals surface area contributed by atoms with Gasteiger partial charge in [0, 0.05) is 36.6 Å². The van der Waals surface area contributed by atoms with Crippen molar-refractivity contribution in [3.05, 3.63) is 72.8 Å². The number of aromatic nitrogens is 4. The van der Waals surface area contributed by atoms with E-state index in [1.165, 1.54) is 0 Å². The minimum Gasteiger partial charge on any atom is -0.381 e. The Morgan fingerprint density at radius 1 is 0.903 bits per heavy atom. The first kappa shape index (κ1) is 19.1. The predicted molar refractivity (Wildman–Crippen MR) is 114 cm³/mol. The van der Waals surface area contributed by atoms with Crippen molar-refractivity contribution in [1.82, 2.24) is 20.1 Å². The van der Waals surface area contributed by atoms with Gasteiger partial charge in [-0.2, -0.15) is 5.26 Å². The monoisotopic (exact) mass is 409 g/mol. The van der Waals surface area contributed by atoms with Gasteiger partial charge < -0.3 is 9.26 Å². The molecule has 1 aliphatic rings. The third-order valence-corrected chi connectivity index (χ3v) is 5.57. The van der Waals surface area contributed by atoms with Crippen LogP contribution in [0.1, 0.15) is 18.5 Å². The van der Waals surface area contributed by atoms with E-state index in [-0.39, 0.29) is 0 Å². The maximum atomic E-state index is 9.85. The molecule has 1 saturated heterocycles. The highest BCUT2D eigenvalue weighted by atomic mass is 16.5. The Bertz CT molecular complexity index is 1240. The van der Waals surface area contributed by atoms with E-state index < -0.39 is 5.41 Å². The topological polar surface area (TPSA) is 97.7 Å². The maximum absolute atomic E-state index is 9.85. The van der Waals surface area contributed by atoms with Crippen LogP contribution in [0.3, 0.4) is 0 Å². The van der Waals surface area contributed by atoms with Crippen LogP contribution in [0.5, 0.6) is 0 Å². The highest BCUT2D eigenvalue weighted by Gasteiger charge is 2.36. The van der Waals surface area contributed by atoms with Crippen LogP contribution in [0.4, 0.5) is 0 Å². The molecule has 4 heterocycles. The summed E-state index contributed by atoms with van der Waals surface area (Å²) in [6.07, 6.45) is 6.32. The van der Waals surface area contributed by atoms with E-state index in [0.717, 1.165) is 22.5 Å². The smallest absolute Gasteiger partial charge is 0.187 e. The molecule has 3 aromatic heterocycles. The van der Waals surface area contributed by atoms with Crippen molar-refractivity contribution >= 4 is 0 Å². The SMILES string of the molecule is N#CC1(c2cc(-c3cncc(-c4cc(-c5ccccc5)no4)n3)ccn2)CCOCC1. The summed E-state index contributed by atoms with van der Waals surface area (Å²) in [7, 11) is 0. The average Bonchev–Trinajstić information content (AvgIpc) is 3.36. The lowest BCUT2D eigenvalue weighted by atomic mass is 9.78. The average molecular weight is 409 g/mol. The molecule has 0 unspecified atom stereocenters. The third-order valence-electron chi connectivity index (χ3n) is 5.57. The molecular weight excluding hydrogens is 390 g/mol. The lowest BCUT2D eigenvalue weighted by Crippen LogP contribution is -2.33. The Balaban J connectivity index is 1.48. The zero-order valence-corrected chi connectivity index (χ0v) is 16.7. The molecule has 1 aliphatic heterocycles. The van der Waals surface area contributed by atoms with Crippen LogP contribution in [0.25, 0.3) is 34.0 Å². The first-order valence-electron chi connectivity index (χ1n) is 10.1. The number of nitriles is 1. The number of rotatable bonds is 4. The lowest BCUT2D eigenvalue weighted by Gasteiger charge is -2.30. The van der Waals surface area contributed by atoms with Crippen molar-refractivity contribution in [2.45, 2.75) is 18.3 Å². The third kappa shape index (κ3) is 3.69. The number of pyridine rings is 1.